The molecule has 0 spiro atoms. The molecular weight excluding hydrogens is 482 g/mol. The van der Waals surface area contributed by atoms with Gasteiger partial charge in [0.2, 0.25) is 0 Å². The molecule has 0 aromatic heterocycles. The molecule has 3 rings (SSSR count). The minimum Gasteiger partial charge on any atom is -0.508 e. The number of phenols is 2. The third-order valence-electron chi connectivity index (χ3n) is 4.43. The summed E-state index contributed by atoms with van der Waals surface area (Å²) in [5.41, 5.74) is -0.256. The van der Waals surface area contributed by atoms with Crippen LogP contribution in [0.3, 0.4) is 0 Å². The first kappa shape index (κ1) is 22.0. The summed E-state index contributed by atoms with van der Waals surface area (Å²) in [6.07, 6.45) is 0. The molecule has 0 aliphatic heterocycles. The highest BCUT2D eigenvalue weighted by molar-refractivity contribution is 7.87. The Morgan fingerprint density at radius 3 is 1.90 bits per heavy atom. The molecule has 0 fully saturated rings. The van der Waals surface area contributed by atoms with Crippen LogP contribution in [0.15, 0.2) is 54.6 Å². The first-order valence-electron chi connectivity index (χ1n) is 7.90. The lowest BCUT2D eigenvalue weighted by molar-refractivity contribution is 0.456. The molecule has 0 saturated heterocycles. The van der Waals surface area contributed by atoms with Gasteiger partial charge in [-0.2, -0.15) is 8.42 Å². The van der Waals surface area contributed by atoms with Crippen LogP contribution in [0.5, 0.6) is 11.5 Å². The summed E-state index contributed by atoms with van der Waals surface area (Å²) in [7, 11) is -5.04. The minimum absolute atomic E-state index is 0.00521. The van der Waals surface area contributed by atoms with Crippen molar-refractivity contribution in [2.45, 2.75) is 4.75 Å². The van der Waals surface area contributed by atoms with Gasteiger partial charge in [0, 0.05) is 11.1 Å². The maximum atomic E-state index is 13.0. The van der Waals surface area contributed by atoms with Gasteiger partial charge in [0.05, 0.1) is 15.1 Å². The summed E-state index contributed by atoms with van der Waals surface area (Å²) in [6.45, 7) is 0. The number of benzene rings is 3. The average molecular weight is 494 g/mol. The van der Waals surface area contributed by atoms with Gasteiger partial charge in [-0.05, 0) is 29.8 Å². The van der Waals surface area contributed by atoms with Gasteiger partial charge < -0.3 is 10.2 Å². The highest BCUT2D eigenvalue weighted by atomic mass is 35.5. The van der Waals surface area contributed by atoms with Gasteiger partial charge in [-0.25, -0.2) is 0 Å². The quantitative estimate of drug-likeness (QED) is 0.311. The van der Waals surface area contributed by atoms with Gasteiger partial charge in [0.1, 0.15) is 16.5 Å². The van der Waals surface area contributed by atoms with E-state index in [2.05, 4.69) is 0 Å². The van der Waals surface area contributed by atoms with E-state index < -0.39 is 14.9 Å². The largest absolute Gasteiger partial charge is 0.508 e. The fraction of sp³-hybridized carbons (Fsp3) is 0.0526. The summed E-state index contributed by atoms with van der Waals surface area (Å²) in [4.78, 5) is 0. The third kappa shape index (κ3) is 3.54. The SMILES string of the molecule is O=S(=O)(O)C(c1ccc(O)cc1)(c1cccc(Cl)c1Cl)c1ccc(O)c(Cl)c1Cl. The first-order chi connectivity index (χ1) is 13.5. The van der Waals surface area contributed by atoms with Crippen LogP contribution in [0.1, 0.15) is 16.7 Å². The molecule has 29 heavy (non-hydrogen) atoms. The van der Waals surface area contributed by atoms with Gasteiger partial charge in [-0.1, -0.05) is 76.7 Å². The van der Waals surface area contributed by atoms with Crippen LogP contribution in [0.2, 0.25) is 20.1 Å². The molecule has 0 radical (unpaired) electrons. The number of phenolic OH excluding ortho intramolecular Hbond substituents is 2. The van der Waals surface area contributed by atoms with Crippen molar-refractivity contribution in [1.29, 1.82) is 0 Å². The van der Waals surface area contributed by atoms with Gasteiger partial charge in [0.15, 0.2) is 4.75 Å². The minimum atomic E-state index is -5.04. The number of hydrogen-bond acceptors (Lipinski definition) is 4. The van der Waals surface area contributed by atoms with E-state index in [1.807, 2.05) is 0 Å². The van der Waals surface area contributed by atoms with Gasteiger partial charge in [-0.15, -0.1) is 0 Å². The molecule has 0 heterocycles. The van der Waals surface area contributed by atoms with Crippen LogP contribution in [-0.4, -0.2) is 23.2 Å². The molecule has 3 N–H and O–H groups in total. The van der Waals surface area contributed by atoms with E-state index in [0.29, 0.717) is 0 Å². The molecule has 10 heteroatoms. The molecule has 0 amide bonds. The second-order valence-corrected chi connectivity index (χ2v) is 9.17. The Morgan fingerprint density at radius 1 is 0.724 bits per heavy atom. The maximum absolute atomic E-state index is 13.0. The van der Waals surface area contributed by atoms with Crippen LogP contribution in [0.25, 0.3) is 0 Å². The van der Waals surface area contributed by atoms with Crippen molar-refractivity contribution in [1.82, 2.24) is 0 Å². The molecule has 3 aromatic rings. The maximum Gasteiger partial charge on any atom is 0.283 e. The summed E-state index contributed by atoms with van der Waals surface area (Å²) < 4.78 is 34.1. The molecule has 0 aliphatic rings. The summed E-state index contributed by atoms with van der Waals surface area (Å²) in [6, 6.07) is 11.7. The smallest absolute Gasteiger partial charge is 0.283 e. The predicted molar refractivity (Wildman–Crippen MR) is 114 cm³/mol. The standard InChI is InChI=1S/C19H12Cl4O5S/c20-14-3-1-2-12(16(14)21)19(29(26,27)28,10-4-6-11(24)7-5-10)13-8-9-15(25)18(23)17(13)22/h1-9,24-25H,(H,26,27,28). The molecule has 0 saturated carbocycles. The number of rotatable bonds is 4. The number of halogens is 4. The lowest BCUT2D eigenvalue weighted by atomic mass is 9.83. The van der Waals surface area contributed by atoms with Crippen LogP contribution in [0, 0.1) is 0 Å². The Bertz CT molecular complexity index is 1200. The summed E-state index contributed by atoms with van der Waals surface area (Å²) in [5, 5.41) is 18.8. The molecule has 3 aromatic carbocycles. The predicted octanol–water partition coefficient (Wildman–Crippen LogP) is 5.89. The highest BCUT2D eigenvalue weighted by Crippen LogP contribution is 2.51. The Hall–Kier alpha value is -1.67. The van der Waals surface area contributed by atoms with Gasteiger partial charge in [0.25, 0.3) is 10.1 Å². The third-order valence-corrected chi connectivity index (χ3v) is 7.57. The van der Waals surface area contributed by atoms with E-state index in [4.69, 9.17) is 46.4 Å². The van der Waals surface area contributed by atoms with Crippen LogP contribution < -0.4 is 0 Å². The first-order valence-corrected chi connectivity index (χ1v) is 10.9. The van der Waals surface area contributed by atoms with Crippen molar-refractivity contribution in [3.8, 4) is 11.5 Å². The van der Waals surface area contributed by atoms with Crippen molar-refractivity contribution in [2.24, 2.45) is 0 Å². The topological polar surface area (TPSA) is 94.8 Å². The van der Waals surface area contributed by atoms with Gasteiger partial charge in [-0.3, -0.25) is 4.55 Å². The van der Waals surface area contributed by atoms with Gasteiger partial charge >= 0.3 is 0 Å². The van der Waals surface area contributed by atoms with Crippen molar-refractivity contribution < 1.29 is 23.2 Å². The van der Waals surface area contributed by atoms with E-state index in [0.717, 1.165) is 6.07 Å². The lowest BCUT2D eigenvalue weighted by Gasteiger charge is -2.34. The fourth-order valence-electron chi connectivity index (χ4n) is 3.17. The van der Waals surface area contributed by atoms with E-state index in [1.165, 1.54) is 48.5 Å². The van der Waals surface area contributed by atoms with Crippen molar-refractivity contribution in [2.75, 3.05) is 0 Å². The number of hydrogen-bond donors (Lipinski definition) is 3. The average Bonchev–Trinajstić information content (AvgIpc) is 2.65. The molecule has 1 unspecified atom stereocenters. The van der Waals surface area contributed by atoms with E-state index in [-0.39, 0.29) is 48.3 Å². The highest BCUT2D eigenvalue weighted by Gasteiger charge is 2.51. The van der Waals surface area contributed by atoms with Crippen LogP contribution in [0.4, 0.5) is 0 Å². The van der Waals surface area contributed by atoms with Crippen molar-refractivity contribution in [3.05, 3.63) is 91.4 Å². The summed E-state index contributed by atoms with van der Waals surface area (Å²) in [5.74, 6) is -0.516. The van der Waals surface area contributed by atoms with E-state index >= 15 is 0 Å². The van der Waals surface area contributed by atoms with Crippen molar-refractivity contribution >= 4 is 56.5 Å². The molecule has 1 atom stereocenters. The van der Waals surface area contributed by atoms with Crippen LogP contribution >= 0.6 is 46.4 Å². The molecule has 0 aliphatic carbocycles. The zero-order chi connectivity index (χ0) is 21.6. The second kappa shape index (κ2) is 7.87. The zero-order valence-corrected chi connectivity index (χ0v) is 18.1. The molecule has 5 nitrogen and oxygen atoms in total. The number of aromatic hydroxyl groups is 2. The monoisotopic (exact) mass is 492 g/mol. The zero-order valence-electron chi connectivity index (χ0n) is 14.3. The Labute approximate surface area is 186 Å². The summed E-state index contributed by atoms with van der Waals surface area (Å²) >= 11 is 24.8. The van der Waals surface area contributed by atoms with E-state index in [1.54, 1.807) is 0 Å². The molecular formula is C19H12Cl4O5S. The Morgan fingerprint density at radius 2 is 1.31 bits per heavy atom. The lowest BCUT2D eigenvalue weighted by Crippen LogP contribution is -2.39. The van der Waals surface area contributed by atoms with Crippen LogP contribution in [-0.2, 0) is 14.9 Å². The van der Waals surface area contributed by atoms with Crippen molar-refractivity contribution in [3.63, 3.8) is 0 Å². The normalized spacial score (nSPS) is 13.8. The Balaban J connectivity index is 2.61. The fourth-order valence-corrected chi connectivity index (χ4v) is 5.52. The second-order valence-electron chi connectivity index (χ2n) is 6.06. The molecule has 0 bridgehead atoms. The molecule has 152 valence electrons. The van der Waals surface area contributed by atoms with E-state index in [9.17, 15) is 23.2 Å². The Kier molecular flexibility index (Phi) is 5.98.